The lowest BCUT2D eigenvalue weighted by Crippen LogP contribution is -2.59. The molecule has 6 atom stereocenters. The number of nitrogens with one attached hydrogen (secondary N) is 3. The number of aliphatic carboxylic acids is 1. The van der Waals surface area contributed by atoms with E-state index in [1.54, 1.807) is 0 Å². The first kappa shape index (κ1) is 38.0. The quantitative estimate of drug-likeness (QED) is 0.138. The molecule has 0 spiro atoms. The Kier molecular flexibility index (Phi) is 15.1. The van der Waals surface area contributed by atoms with E-state index in [0.717, 1.165) is 48.4 Å². The highest BCUT2D eigenvalue weighted by atomic mass is 16.4. The molecule has 47 heavy (non-hydrogen) atoms. The van der Waals surface area contributed by atoms with Gasteiger partial charge in [0.05, 0.1) is 18.6 Å². The Morgan fingerprint density at radius 1 is 0.851 bits per heavy atom. The van der Waals surface area contributed by atoms with Gasteiger partial charge in [-0.1, -0.05) is 109 Å². The molecule has 0 aliphatic heterocycles. The molecule has 3 rings (SSSR count). The smallest absolute Gasteiger partial charge is 0.303 e. The minimum atomic E-state index is -1.26. The normalized spacial score (nSPS) is 17.7. The molecular weight excluding hydrogens is 598 g/mol. The molecule has 10 heteroatoms. The number of aliphatic hydroxyl groups excluding tert-OH is 2. The van der Waals surface area contributed by atoms with Crippen LogP contribution in [0.4, 0.5) is 0 Å². The summed E-state index contributed by atoms with van der Waals surface area (Å²) < 4.78 is 0. The van der Waals surface area contributed by atoms with Crippen molar-refractivity contribution in [3.05, 3.63) is 48.0 Å². The zero-order chi connectivity index (χ0) is 34.5. The van der Waals surface area contributed by atoms with Crippen LogP contribution >= 0.6 is 0 Å². The summed E-state index contributed by atoms with van der Waals surface area (Å²) in [5, 5.41) is 41.9. The molecule has 0 bridgehead atoms. The summed E-state index contributed by atoms with van der Waals surface area (Å²) in [5.74, 6) is -2.52. The van der Waals surface area contributed by atoms with Gasteiger partial charge in [-0.15, -0.1) is 0 Å². The van der Waals surface area contributed by atoms with Gasteiger partial charge < -0.3 is 31.3 Å². The number of benzene rings is 2. The molecule has 2 aromatic rings. The second-order valence-electron chi connectivity index (χ2n) is 13.8. The van der Waals surface area contributed by atoms with Crippen LogP contribution in [0.2, 0.25) is 0 Å². The molecule has 1 aliphatic carbocycles. The molecule has 0 heterocycles. The topological polar surface area (TPSA) is 165 Å². The molecule has 0 unspecified atom stereocenters. The van der Waals surface area contributed by atoms with E-state index >= 15 is 0 Å². The van der Waals surface area contributed by atoms with Crippen LogP contribution in [0.3, 0.4) is 0 Å². The predicted molar refractivity (Wildman–Crippen MR) is 182 cm³/mol. The Morgan fingerprint density at radius 3 is 2.17 bits per heavy atom. The standard InChI is InChI=1S/C37H55N3O7/c1-5-24(4)34(40-36(46)30(21-25-11-7-6-8-12-25)38-32(42)17-18-33(43)44)37(47)39-29(35(45)31(41)19-23(2)3)22-26-15-16-27-13-9-10-14-28(27)20-26/h9-10,13-16,20,23-25,29-31,34-35,41,45H,5-8,11-12,17-19,21-22H2,1-4H3,(H,38,42)(H,39,47)(H,40,46)(H,43,44)/t24-,29-,30-,31-,34-,35+/m0/s1. The van der Waals surface area contributed by atoms with E-state index in [1.807, 2.05) is 70.2 Å². The Bertz CT molecular complexity index is 1330. The number of fused-ring (bicyclic) bond motifs is 1. The molecule has 260 valence electrons. The number of amides is 3. The maximum Gasteiger partial charge on any atom is 0.303 e. The third-order valence-electron chi connectivity index (χ3n) is 9.42. The van der Waals surface area contributed by atoms with Gasteiger partial charge in [-0.05, 0) is 53.4 Å². The summed E-state index contributed by atoms with van der Waals surface area (Å²) in [5.41, 5.74) is 0.880. The van der Waals surface area contributed by atoms with Crippen molar-refractivity contribution in [3.63, 3.8) is 0 Å². The van der Waals surface area contributed by atoms with Crippen molar-refractivity contribution in [1.82, 2.24) is 16.0 Å². The van der Waals surface area contributed by atoms with E-state index in [1.165, 1.54) is 0 Å². The first-order valence-electron chi connectivity index (χ1n) is 17.3. The van der Waals surface area contributed by atoms with E-state index in [4.69, 9.17) is 5.11 Å². The highest BCUT2D eigenvalue weighted by Crippen LogP contribution is 2.28. The molecule has 0 aromatic heterocycles. The van der Waals surface area contributed by atoms with Crippen LogP contribution in [-0.4, -0.2) is 69.3 Å². The van der Waals surface area contributed by atoms with Crippen LogP contribution in [0.15, 0.2) is 42.5 Å². The molecule has 1 saturated carbocycles. The number of hydrogen-bond acceptors (Lipinski definition) is 6. The summed E-state index contributed by atoms with van der Waals surface area (Å²) >= 11 is 0. The molecule has 0 saturated heterocycles. The van der Waals surface area contributed by atoms with Crippen molar-refractivity contribution in [1.29, 1.82) is 0 Å². The first-order chi connectivity index (χ1) is 22.4. The largest absolute Gasteiger partial charge is 0.481 e. The number of rotatable bonds is 18. The number of carbonyl (C=O) groups is 4. The van der Waals surface area contributed by atoms with E-state index in [-0.39, 0.29) is 37.0 Å². The Balaban J connectivity index is 1.83. The fraction of sp³-hybridized carbons (Fsp3) is 0.622. The summed E-state index contributed by atoms with van der Waals surface area (Å²) in [4.78, 5) is 51.4. The SMILES string of the molecule is CC[C@H](C)[C@H](NC(=O)[C@H](CC1CCCCC1)NC(=O)CCC(=O)O)C(=O)N[C@@H](Cc1ccc2ccccc2c1)[C@@H](O)[C@@H](O)CC(C)C. The molecular formula is C37H55N3O7. The van der Waals surface area contributed by atoms with Gasteiger partial charge in [-0.3, -0.25) is 19.2 Å². The fourth-order valence-corrected chi connectivity index (χ4v) is 6.47. The zero-order valence-electron chi connectivity index (χ0n) is 28.4. The van der Waals surface area contributed by atoms with Gasteiger partial charge in [-0.2, -0.15) is 0 Å². The van der Waals surface area contributed by atoms with Crippen LogP contribution in [-0.2, 0) is 25.6 Å². The Labute approximate surface area is 279 Å². The van der Waals surface area contributed by atoms with Crippen molar-refractivity contribution in [2.24, 2.45) is 17.8 Å². The van der Waals surface area contributed by atoms with Crippen molar-refractivity contribution < 1.29 is 34.5 Å². The zero-order valence-corrected chi connectivity index (χ0v) is 28.4. The van der Waals surface area contributed by atoms with Gasteiger partial charge in [0.2, 0.25) is 17.7 Å². The van der Waals surface area contributed by atoms with Crippen LogP contribution < -0.4 is 16.0 Å². The molecule has 1 aliphatic rings. The van der Waals surface area contributed by atoms with Gasteiger partial charge >= 0.3 is 5.97 Å². The Morgan fingerprint density at radius 2 is 1.53 bits per heavy atom. The average Bonchev–Trinajstić information content (AvgIpc) is 3.04. The van der Waals surface area contributed by atoms with Gasteiger partial charge in [0.1, 0.15) is 18.2 Å². The van der Waals surface area contributed by atoms with E-state index < -0.39 is 54.0 Å². The van der Waals surface area contributed by atoms with E-state index in [2.05, 4.69) is 16.0 Å². The van der Waals surface area contributed by atoms with Crippen LogP contribution in [0.5, 0.6) is 0 Å². The third kappa shape index (κ3) is 12.2. The molecule has 2 aromatic carbocycles. The molecule has 0 radical (unpaired) electrons. The van der Waals surface area contributed by atoms with E-state index in [9.17, 15) is 29.4 Å². The second-order valence-corrected chi connectivity index (χ2v) is 13.8. The van der Waals surface area contributed by atoms with Crippen LogP contribution in [0.25, 0.3) is 10.8 Å². The predicted octanol–water partition coefficient (Wildman–Crippen LogP) is 4.49. The number of carbonyl (C=O) groups excluding carboxylic acids is 3. The summed E-state index contributed by atoms with van der Waals surface area (Å²) in [6.45, 7) is 7.67. The second kappa shape index (κ2) is 18.7. The Hall–Kier alpha value is -3.50. The monoisotopic (exact) mass is 653 g/mol. The summed E-state index contributed by atoms with van der Waals surface area (Å²) in [6.07, 6.45) is 3.79. The van der Waals surface area contributed by atoms with Crippen molar-refractivity contribution in [2.75, 3.05) is 0 Å². The van der Waals surface area contributed by atoms with Crippen LogP contribution in [0, 0.1) is 17.8 Å². The van der Waals surface area contributed by atoms with Crippen molar-refractivity contribution >= 4 is 34.5 Å². The number of carboxylic acid groups (broad SMARTS) is 1. The van der Waals surface area contributed by atoms with Crippen molar-refractivity contribution in [3.8, 4) is 0 Å². The summed E-state index contributed by atoms with van der Waals surface area (Å²) in [7, 11) is 0. The van der Waals surface area contributed by atoms with Crippen molar-refractivity contribution in [2.45, 2.75) is 129 Å². The lowest BCUT2D eigenvalue weighted by atomic mass is 9.84. The third-order valence-corrected chi connectivity index (χ3v) is 9.42. The number of aliphatic hydroxyl groups is 2. The minimum Gasteiger partial charge on any atom is -0.481 e. The molecule has 3 amide bonds. The first-order valence-corrected chi connectivity index (χ1v) is 17.3. The van der Waals surface area contributed by atoms with Crippen LogP contribution in [0.1, 0.15) is 97.5 Å². The molecule has 1 fully saturated rings. The molecule has 10 nitrogen and oxygen atoms in total. The molecule has 6 N–H and O–H groups in total. The van der Waals surface area contributed by atoms with Gasteiger partial charge in [0, 0.05) is 6.42 Å². The number of hydrogen-bond donors (Lipinski definition) is 6. The van der Waals surface area contributed by atoms with Gasteiger partial charge in [0.25, 0.3) is 0 Å². The maximum absolute atomic E-state index is 14.0. The minimum absolute atomic E-state index is 0.121. The fourth-order valence-electron chi connectivity index (χ4n) is 6.47. The maximum atomic E-state index is 14.0. The highest BCUT2D eigenvalue weighted by Gasteiger charge is 2.35. The lowest BCUT2D eigenvalue weighted by Gasteiger charge is -2.33. The average molecular weight is 654 g/mol. The number of carboxylic acids is 1. The van der Waals surface area contributed by atoms with Gasteiger partial charge in [0.15, 0.2) is 0 Å². The van der Waals surface area contributed by atoms with Gasteiger partial charge in [-0.25, -0.2) is 0 Å². The van der Waals surface area contributed by atoms with E-state index in [0.29, 0.717) is 19.3 Å². The highest BCUT2D eigenvalue weighted by molar-refractivity contribution is 5.92. The summed E-state index contributed by atoms with van der Waals surface area (Å²) in [6, 6.07) is 11.1. The lowest BCUT2D eigenvalue weighted by molar-refractivity contribution is -0.139.